The number of H-pyrrole nitrogens is 1. The van der Waals surface area contributed by atoms with Gasteiger partial charge in [-0.05, 0) is 31.6 Å². The second kappa shape index (κ2) is 6.27. The summed E-state index contributed by atoms with van der Waals surface area (Å²) < 4.78 is 0. The van der Waals surface area contributed by atoms with E-state index < -0.39 is 5.97 Å². The maximum absolute atomic E-state index is 12.1. The van der Waals surface area contributed by atoms with Gasteiger partial charge >= 0.3 is 5.97 Å². The van der Waals surface area contributed by atoms with Gasteiger partial charge in [-0.15, -0.1) is 21.5 Å². The fourth-order valence-corrected chi connectivity index (χ4v) is 2.59. The van der Waals surface area contributed by atoms with Crippen molar-refractivity contribution in [1.29, 1.82) is 0 Å². The molecule has 0 spiro atoms. The second-order valence-electron chi connectivity index (χ2n) is 4.29. The van der Waals surface area contributed by atoms with E-state index in [9.17, 15) is 9.59 Å². The minimum Gasteiger partial charge on any atom is -0.478 e. The van der Waals surface area contributed by atoms with Crippen LogP contribution in [0.3, 0.4) is 0 Å². The number of carboxylic acids is 1. The predicted molar refractivity (Wildman–Crippen MR) is 75.8 cm³/mol. The van der Waals surface area contributed by atoms with Crippen LogP contribution in [0.5, 0.6) is 0 Å². The summed E-state index contributed by atoms with van der Waals surface area (Å²) in [6.45, 7) is 3.56. The number of aromatic amines is 1. The number of rotatable bonds is 5. The van der Waals surface area contributed by atoms with Crippen LogP contribution >= 0.6 is 11.3 Å². The number of tetrazole rings is 1. The van der Waals surface area contributed by atoms with Crippen LogP contribution in [0.2, 0.25) is 0 Å². The first-order chi connectivity index (χ1) is 9.97. The molecule has 3 N–H and O–H groups in total. The molecule has 9 heteroatoms. The number of carbonyl (C=O) groups is 2. The molecule has 1 atom stereocenters. The van der Waals surface area contributed by atoms with Crippen LogP contribution in [-0.4, -0.2) is 37.6 Å². The average molecular weight is 307 g/mol. The molecule has 2 aromatic heterocycles. The fraction of sp³-hybridized carbons (Fsp3) is 0.250. The summed E-state index contributed by atoms with van der Waals surface area (Å²) in [6.07, 6.45) is 2.52. The molecule has 0 saturated carbocycles. The fourth-order valence-electron chi connectivity index (χ4n) is 1.61. The molecule has 0 aliphatic heterocycles. The van der Waals surface area contributed by atoms with Crippen LogP contribution in [0.25, 0.3) is 6.08 Å². The molecule has 2 rings (SSSR count). The largest absolute Gasteiger partial charge is 0.478 e. The minimum absolute atomic E-state index is 0.268. The molecule has 0 saturated heterocycles. The van der Waals surface area contributed by atoms with Crippen molar-refractivity contribution in [2.24, 2.45) is 0 Å². The van der Waals surface area contributed by atoms with Gasteiger partial charge in [-0.2, -0.15) is 5.21 Å². The molecular formula is C12H13N5O3S. The molecule has 0 radical (unpaired) electrons. The zero-order valence-corrected chi connectivity index (χ0v) is 12.1. The highest BCUT2D eigenvalue weighted by Crippen LogP contribution is 2.23. The SMILES string of the molecule is Cc1cc(C(=O)NC(C)c2nn[nH]n2)sc1/C=C/C(=O)O. The van der Waals surface area contributed by atoms with Crippen molar-refractivity contribution in [3.63, 3.8) is 0 Å². The Bertz CT molecular complexity index is 677. The summed E-state index contributed by atoms with van der Waals surface area (Å²) in [5.74, 6) is -0.905. The summed E-state index contributed by atoms with van der Waals surface area (Å²) in [5.41, 5.74) is 0.842. The van der Waals surface area contributed by atoms with Gasteiger partial charge in [0.05, 0.1) is 10.9 Å². The lowest BCUT2D eigenvalue weighted by Crippen LogP contribution is -2.26. The molecule has 8 nitrogen and oxygen atoms in total. The quantitative estimate of drug-likeness (QED) is 0.713. The van der Waals surface area contributed by atoms with Gasteiger partial charge in [0.2, 0.25) is 0 Å². The number of amides is 1. The molecule has 1 amide bonds. The Hall–Kier alpha value is -2.55. The van der Waals surface area contributed by atoms with Crippen LogP contribution < -0.4 is 5.32 Å². The van der Waals surface area contributed by atoms with Crippen molar-refractivity contribution < 1.29 is 14.7 Å². The third-order valence-corrected chi connectivity index (χ3v) is 3.86. The second-order valence-corrected chi connectivity index (χ2v) is 5.38. The first-order valence-electron chi connectivity index (χ1n) is 6.03. The molecular weight excluding hydrogens is 294 g/mol. The van der Waals surface area contributed by atoms with Gasteiger partial charge in [0.25, 0.3) is 5.91 Å². The molecule has 0 fully saturated rings. The Morgan fingerprint density at radius 3 is 2.90 bits per heavy atom. The predicted octanol–water partition coefficient (Wildman–Crippen LogP) is 1.16. The summed E-state index contributed by atoms with van der Waals surface area (Å²) in [4.78, 5) is 23.9. The molecule has 0 aliphatic carbocycles. The molecule has 0 aliphatic rings. The lowest BCUT2D eigenvalue weighted by Gasteiger charge is -2.08. The highest BCUT2D eigenvalue weighted by molar-refractivity contribution is 7.15. The number of nitrogens with one attached hydrogen (secondary N) is 2. The van der Waals surface area contributed by atoms with Crippen molar-refractivity contribution in [3.8, 4) is 0 Å². The number of thiophene rings is 1. The average Bonchev–Trinajstić information content (AvgIpc) is 3.05. The summed E-state index contributed by atoms with van der Waals surface area (Å²) in [6, 6.07) is 1.33. The first-order valence-corrected chi connectivity index (χ1v) is 6.84. The van der Waals surface area contributed by atoms with E-state index in [-0.39, 0.29) is 11.9 Å². The van der Waals surface area contributed by atoms with Crippen LogP contribution in [0.4, 0.5) is 0 Å². The highest BCUT2D eigenvalue weighted by atomic mass is 32.1. The Morgan fingerprint density at radius 1 is 1.52 bits per heavy atom. The van der Waals surface area contributed by atoms with E-state index in [2.05, 4.69) is 25.9 Å². The Balaban J connectivity index is 2.09. The molecule has 2 aromatic rings. The van der Waals surface area contributed by atoms with Gasteiger partial charge in [-0.1, -0.05) is 5.21 Å². The Kier molecular flexibility index (Phi) is 4.43. The lowest BCUT2D eigenvalue weighted by atomic mass is 10.2. The number of aromatic nitrogens is 4. The maximum atomic E-state index is 12.1. The van der Waals surface area contributed by atoms with E-state index in [0.717, 1.165) is 16.5 Å². The normalized spacial score (nSPS) is 12.5. The Morgan fingerprint density at radius 2 is 2.29 bits per heavy atom. The molecule has 21 heavy (non-hydrogen) atoms. The number of carbonyl (C=O) groups excluding carboxylic acids is 1. The van der Waals surface area contributed by atoms with Gasteiger partial charge in [0.1, 0.15) is 0 Å². The minimum atomic E-state index is -1.03. The van der Waals surface area contributed by atoms with E-state index >= 15 is 0 Å². The monoisotopic (exact) mass is 307 g/mol. The zero-order chi connectivity index (χ0) is 15.4. The van der Waals surface area contributed by atoms with Crippen molar-refractivity contribution in [3.05, 3.63) is 33.3 Å². The van der Waals surface area contributed by atoms with E-state index in [1.54, 1.807) is 13.0 Å². The smallest absolute Gasteiger partial charge is 0.328 e. The van der Waals surface area contributed by atoms with E-state index in [4.69, 9.17) is 5.11 Å². The molecule has 1 unspecified atom stereocenters. The van der Waals surface area contributed by atoms with E-state index in [1.807, 2.05) is 6.92 Å². The number of nitrogens with zero attached hydrogens (tertiary/aromatic N) is 3. The third-order valence-electron chi connectivity index (χ3n) is 2.65. The Labute approximate surface area is 123 Å². The first kappa shape index (κ1) is 14.9. The maximum Gasteiger partial charge on any atom is 0.328 e. The molecule has 110 valence electrons. The number of hydrogen-bond donors (Lipinski definition) is 3. The van der Waals surface area contributed by atoms with Gasteiger partial charge in [-0.3, -0.25) is 4.79 Å². The van der Waals surface area contributed by atoms with Crippen molar-refractivity contribution >= 4 is 29.3 Å². The third kappa shape index (κ3) is 3.72. The molecule has 0 bridgehead atoms. The number of carboxylic acid groups (broad SMARTS) is 1. The number of aryl methyl sites for hydroxylation is 1. The zero-order valence-electron chi connectivity index (χ0n) is 11.3. The summed E-state index contributed by atoms with van der Waals surface area (Å²) in [7, 11) is 0. The number of hydrogen-bond acceptors (Lipinski definition) is 6. The standard InChI is InChI=1S/C12H13N5O3S/c1-6-5-9(21-8(6)3-4-10(18)19)12(20)13-7(2)11-14-16-17-15-11/h3-5,7H,1-2H3,(H,13,20)(H,18,19)(H,14,15,16,17)/b4-3+. The summed E-state index contributed by atoms with van der Waals surface area (Å²) >= 11 is 1.22. The van der Waals surface area contributed by atoms with Gasteiger partial charge in [-0.25, -0.2) is 4.79 Å². The van der Waals surface area contributed by atoms with Crippen molar-refractivity contribution in [2.45, 2.75) is 19.9 Å². The van der Waals surface area contributed by atoms with Crippen molar-refractivity contribution in [1.82, 2.24) is 25.9 Å². The highest BCUT2D eigenvalue weighted by Gasteiger charge is 2.17. The lowest BCUT2D eigenvalue weighted by molar-refractivity contribution is -0.131. The van der Waals surface area contributed by atoms with Crippen LogP contribution in [-0.2, 0) is 4.79 Å². The van der Waals surface area contributed by atoms with Gasteiger partial charge in [0, 0.05) is 11.0 Å². The van der Waals surface area contributed by atoms with E-state index in [1.165, 1.54) is 17.4 Å². The van der Waals surface area contributed by atoms with Crippen molar-refractivity contribution in [2.75, 3.05) is 0 Å². The van der Waals surface area contributed by atoms with Gasteiger partial charge < -0.3 is 10.4 Å². The van der Waals surface area contributed by atoms with Crippen LogP contribution in [0.1, 0.15) is 38.9 Å². The molecule has 2 heterocycles. The summed E-state index contributed by atoms with van der Waals surface area (Å²) in [5, 5.41) is 24.7. The van der Waals surface area contributed by atoms with Crippen LogP contribution in [0, 0.1) is 6.92 Å². The molecule has 0 aromatic carbocycles. The topological polar surface area (TPSA) is 121 Å². The van der Waals surface area contributed by atoms with Crippen LogP contribution in [0.15, 0.2) is 12.1 Å². The van der Waals surface area contributed by atoms with E-state index in [0.29, 0.717) is 10.7 Å². The van der Waals surface area contributed by atoms with Gasteiger partial charge in [0.15, 0.2) is 5.82 Å². The number of aliphatic carboxylic acids is 1.